The van der Waals surface area contributed by atoms with Crippen LogP contribution in [0, 0.1) is 11.8 Å². The summed E-state index contributed by atoms with van der Waals surface area (Å²) < 4.78 is 0. The Morgan fingerprint density at radius 3 is 2.66 bits per heavy atom. The van der Waals surface area contributed by atoms with Crippen LogP contribution in [0.2, 0.25) is 0 Å². The summed E-state index contributed by atoms with van der Waals surface area (Å²) in [6.45, 7) is 4.64. The molecule has 1 saturated heterocycles. The number of hydrogen-bond acceptors (Lipinski definition) is 7. The summed E-state index contributed by atoms with van der Waals surface area (Å²) in [4.78, 5) is 33.5. The monoisotopic (exact) mass is 464 g/mol. The summed E-state index contributed by atoms with van der Waals surface area (Å²) in [6, 6.07) is 0.167. The Morgan fingerprint density at radius 1 is 1.25 bits per heavy atom. The highest BCUT2D eigenvalue weighted by Crippen LogP contribution is 2.45. The maximum Gasteiger partial charge on any atom is 0.324 e. The van der Waals surface area contributed by atoms with E-state index in [1.54, 1.807) is 11.3 Å². The minimum atomic E-state index is -0.257. The summed E-state index contributed by atoms with van der Waals surface area (Å²) in [5.74, 6) is 0.177. The quantitative estimate of drug-likeness (QED) is 0.511. The molecule has 1 aliphatic carbocycles. The fourth-order valence-corrected chi connectivity index (χ4v) is 6.31. The summed E-state index contributed by atoms with van der Waals surface area (Å²) in [7, 11) is 8.05. The van der Waals surface area contributed by atoms with Crippen LogP contribution in [0.5, 0.6) is 0 Å². The second kappa shape index (κ2) is 10.9. The number of imide groups is 1. The first-order valence-electron chi connectivity index (χ1n) is 11.8. The van der Waals surface area contributed by atoms with Crippen LogP contribution in [0.25, 0.3) is 0 Å². The summed E-state index contributed by atoms with van der Waals surface area (Å²) >= 11 is 1.76. The Labute approximate surface area is 196 Å². The van der Waals surface area contributed by atoms with E-state index in [-0.39, 0.29) is 17.9 Å². The fraction of sp³-hybridized carbons (Fsp3) is 0.739. The lowest BCUT2D eigenvalue weighted by atomic mass is 9.74. The lowest BCUT2D eigenvalue weighted by molar-refractivity contribution is -0.136. The number of carbonyl (C=O) groups is 2. The second-order valence-electron chi connectivity index (χ2n) is 9.48. The number of carbonyl (C=O) groups excluding carboxylic acids is 2. The number of fused-ring (bicyclic) bond motifs is 2. The first kappa shape index (κ1) is 24.8. The number of likely N-dealkylation sites (tertiary alicyclic amines) is 1. The van der Waals surface area contributed by atoms with Gasteiger partial charge in [-0.2, -0.15) is 0 Å². The molecule has 8 nitrogen and oxygen atoms in total. The predicted octanol–water partition coefficient (Wildman–Crippen LogP) is 2.31. The standard InChI is InChI=1S/C23H40N6O2S/c1-6-9-29(23(31)26-8-7-10-27(3)4)22(30)16-11-15-12-17-19(13-18(15)28(5)14-16)32-21(25-2)20(17)24/h15-16,18,25H,6-14,24H2,1-5H3,(H,26,31)/t15-,16-,18-/m1/s1. The van der Waals surface area contributed by atoms with Crippen molar-refractivity contribution < 1.29 is 9.59 Å². The zero-order valence-corrected chi connectivity index (χ0v) is 21.1. The van der Waals surface area contributed by atoms with Crippen molar-refractivity contribution in [2.45, 2.75) is 45.1 Å². The van der Waals surface area contributed by atoms with Crippen molar-refractivity contribution in [3.05, 3.63) is 10.4 Å². The Hall–Kier alpha value is -1.84. The van der Waals surface area contributed by atoms with E-state index in [2.05, 4.69) is 27.5 Å². The molecule has 3 atom stereocenters. The van der Waals surface area contributed by atoms with Gasteiger partial charge in [-0.3, -0.25) is 9.69 Å². The van der Waals surface area contributed by atoms with E-state index in [0.717, 1.165) is 49.3 Å². The molecular formula is C23H40N6O2S. The van der Waals surface area contributed by atoms with Gasteiger partial charge in [0.15, 0.2) is 0 Å². The molecule has 1 fully saturated rings. The van der Waals surface area contributed by atoms with Crippen LogP contribution in [0.1, 0.15) is 36.6 Å². The van der Waals surface area contributed by atoms with Crippen LogP contribution < -0.4 is 16.4 Å². The summed E-state index contributed by atoms with van der Waals surface area (Å²) in [6.07, 6.45) is 4.32. The molecule has 2 aliphatic rings. The third-order valence-corrected chi connectivity index (χ3v) is 8.08. The maximum absolute atomic E-state index is 13.5. The third-order valence-electron chi connectivity index (χ3n) is 6.79. The van der Waals surface area contributed by atoms with E-state index < -0.39 is 0 Å². The van der Waals surface area contributed by atoms with Gasteiger partial charge in [-0.15, -0.1) is 11.3 Å². The topological polar surface area (TPSA) is 93.9 Å². The van der Waals surface area contributed by atoms with E-state index in [0.29, 0.717) is 31.6 Å². The Morgan fingerprint density at radius 2 is 2.00 bits per heavy atom. The maximum atomic E-state index is 13.5. The molecule has 4 N–H and O–H groups in total. The second-order valence-corrected chi connectivity index (χ2v) is 10.6. The first-order chi connectivity index (χ1) is 15.3. The van der Waals surface area contributed by atoms with Gasteiger partial charge in [0.2, 0.25) is 5.91 Å². The van der Waals surface area contributed by atoms with Crippen molar-refractivity contribution in [2.75, 3.05) is 65.4 Å². The molecule has 2 heterocycles. The minimum absolute atomic E-state index is 0.0396. The van der Waals surface area contributed by atoms with E-state index >= 15 is 0 Å². The van der Waals surface area contributed by atoms with Crippen LogP contribution in [0.3, 0.4) is 0 Å². The lowest BCUT2D eigenvalue weighted by Crippen LogP contribution is -2.55. The molecule has 0 bridgehead atoms. The van der Waals surface area contributed by atoms with Crippen molar-refractivity contribution >= 4 is 34.0 Å². The first-order valence-corrected chi connectivity index (χ1v) is 12.6. The van der Waals surface area contributed by atoms with Crippen molar-refractivity contribution in [2.24, 2.45) is 11.8 Å². The Kier molecular flexibility index (Phi) is 8.41. The van der Waals surface area contributed by atoms with E-state index in [4.69, 9.17) is 5.73 Å². The third kappa shape index (κ3) is 5.38. The van der Waals surface area contributed by atoms with Gasteiger partial charge in [-0.25, -0.2) is 4.79 Å². The molecule has 0 spiro atoms. The largest absolute Gasteiger partial charge is 0.396 e. The molecule has 0 saturated carbocycles. The normalized spacial score (nSPS) is 22.9. The van der Waals surface area contributed by atoms with Crippen LogP contribution in [0.15, 0.2) is 0 Å². The van der Waals surface area contributed by atoms with Crippen LogP contribution >= 0.6 is 11.3 Å². The Balaban J connectivity index is 1.67. The lowest BCUT2D eigenvalue weighted by Gasteiger charge is -2.45. The number of nitrogen functional groups attached to an aromatic ring is 1. The highest BCUT2D eigenvalue weighted by molar-refractivity contribution is 7.17. The zero-order valence-electron chi connectivity index (χ0n) is 20.2. The number of likely N-dealkylation sites (N-methyl/N-ethyl adjacent to an activating group) is 1. The Bertz CT molecular complexity index is 811. The summed E-state index contributed by atoms with van der Waals surface area (Å²) in [5, 5.41) is 7.20. The molecule has 3 rings (SSSR count). The molecule has 32 heavy (non-hydrogen) atoms. The van der Waals surface area contributed by atoms with Crippen LogP contribution in [0.4, 0.5) is 15.5 Å². The summed E-state index contributed by atoms with van der Waals surface area (Å²) in [5.41, 5.74) is 8.52. The average molecular weight is 465 g/mol. The number of rotatable bonds is 8. The van der Waals surface area contributed by atoms with Gasteiger partial charge in [0, 0.05) is 37.6 Å². The highest BCUT2D eigenvalue weighted by Gasteiger charge is 2.42. The van der Waals surface area contributed by atoms with Gasteiger partial charge in [0.25, 0.3) is 0 Å². The number of thiophene rings is 1. The van der Waals surface area contributed by atoms with E-state index in [1.807, 2.05) is 28.1 Å². The van der Waals surface area contributed by atoms with Gasteiger partial charge < -0.3 is 26.2 Å². The highest BCUT2D eigenvalue weighted by atomic mass is 32.1. The predicted molar refractivity (Wildman–Crippen MR) is 132 cm³/mol. The molecule has 0 aromatic carbocycles. The fourth-order valence-electron chi connectivity index (χ4n) is 5.16. The van der Waals surface area contributed by atoms with Crippen molar-refractivity contribution in [1.82, 2.24) is 20.0 Å². The minimum Gasteiger partial charge on any atom is -0.396 e. The molecule has 1 aromatic heterocycles. The molecule has 9 heteroatoms. The molecule has 1 aliphatic heterocycles. The van der Waals surface area contributed by atoms with Crippen LogP contribution in [-0.2, 0) is 17.6 Å². The number of nitrogens with zero attached hydrogens (tertiary/aromatic N) is 3. The van der Waals surface area contributed by atoms with Crippen LogP contribution in [-0.4, -0.2) is 87.0 Å². The molecular weight excluding hydrogens is 424 g/mol. The number of nitrogens with one attached hydrogen (secondary N) is 2. The molecule has 0 radical (unpaired) electrons. The van der Waals surface area contributed by atoms with Crippen molar-refractivity contribution in [3.8, 4) is 0 Å². The van der Waals surface area contributed by atoms with Gasteiger partial charge in [0.05, 0.1) is 11.6 Å². The number of urea groups is 1. The SMILES string of the molecule is CCCN(C(=O)NCCCN(C)C)C(=O)[C@@H]1C[C@@H]2Cc3c(sc(NC)c3N)C[C@H]2N(C)C1. The van der Waals surface area contributed by atoms with Gasteiger partial charge in [-0.1, -0.05) is 6.92 Å². The number of hydrogen-bond donors (Lipinski definition) is 3. The number of piperidine rings is 1. The smallest absolute Gasteiger partial charge is 0.324 e. The van der Waals surface area contributed by atoms with Gasteiger partial charge in [-0.05, 0) is 71.3 Å². The number of amides is 3. The van der Waals surface area contributed by atoms with E-state index in [1.165, 1.54) is 15.3 Å². The molecule has 1 aromatic rings. The molecule has 3 amide bonds. The van der Waals surface area contributed by atoms with Gasteiger partial charge in [0.1, 0.15) is 5.00 Å². The van der Waals surface area contributed by atoms with E-state index in [9.17, 15) is 9.59 Å². The average Bonchev–Trinajstić information content (AvgIpc) is 3.08. The van der Waals surface area contributed by atoms with Crippen molar-refractivity contribution in [1.29, 1.82) is 0 Å². The van der Waals surface area contributed by atoms with Gasteiger partial charge >= 0.3 is 6.03 Å². The molecule has 180 valence electrons. The number of anilines is 2. The van der Waals surface area contributed by atoms with Crippen molar-refractivity contribution in [3.63, 3.8) is 0 Å². The molecule has 0 unspecified atom stereocenters. The zero-order chi connectivity index (χ0) is 23.4. The number of nitrogens with two attached hydrogens (primary N) is 1.